The van der Waals surface area contributed by atoms with Crippen LogP contribution < -0.4 is 0 Å². The average Bonchev–Trinajstić information content (AvgIpc) is 2.33. The monoisotopic (exact) mass is 206 g/mol. The highest BCUT2D eigenvalue weighted by Crippen LogP contribution is 2.06. The van der Waals surface area contributed by atoms with Crippen molar-refractivity contribution < 1.29 is 0 Å². The Kier molecular flexibility index (Phi) is 3.41. The molecule has 78 valence electrons. The van der Waals surface area contributed by atoms with Crippen LogP contribution in [0, 0.1) is 18.8 Å². The van der Waals surface area contributed by atoms with Crippen LogP contribution in [0.2, 0.25) is 0 Å². The first kappa shape index (κ1) is 10.5. The third-order valence-corrected chi connectivity index (χ3v) is 2.55. The number of hydrogen-bond donors (Lipinski definition) is 0. The van der Waals surface area contributed by atoms with Gasteiger partial charge in [0.05, 0.1) is 0 Å². The lowest BCUT2D eigenvalue weighted by atomic mass is 10.1. The molecule has 0 radical (unpaired) electrons. The fourth-order valence-corrected chi connectivity index (χ4v) is 1.57. The molecule has 0 atom stereocenters. The van der Waals surface area contributed by atoms with E-state index in [1.807, 2.05) is 30.3 Å². The molecule has 0 bridgehead atoms. The lowest BCUT2D eigenvalue weighted by molar-refractivity contribution is 1.25. The number of rotatable bonds is 1. The molecule has 16 heavy (non-hydrogen) atoms. The Bertz CT molecular complexity index is 512. The van der Waals surface area contributed by atoms with Crippen molar-refractivity contribution in [3.05, 3.63) is 71.3 Å². The average molecular weight is 206 g/mol. The molecule has 2 aromatic carbocycles. The number of aryl methyl sites for hydroxylation is 1. The van der Waals surface area contributed by atoms with Crippen molar-refractivity contribution in [2.75, 3.05) is 0 Å². The minimum absolute atomic E-state index is 0.821. The normalized spacial score (nSPS) is 9.31. The van der Waals surface area contributed by atoms with E-state index in [4.69, 9.17) is 0 Å². The van der Waals surface area contributed by atoms with Gasteiger partial charge < -0.3 is 0 Å². The molecule has 0 aliphatic carbocycles. The molecule has 0 aliphatic heterocycles. The van der Waals surface area contributed by atoms with E-state index in [-0.39, 0.29) is 0 Å². The van der Waals surface area contributed by atoms with Crippen LogP contribution in [-0.4, -0.2) is 0 Å². The molecule has 0 amide bonds. The van der Waals surface area contributed by atoms with Crippen molar-refractivity contribution in [1.82, 2.24) is 0 Å². The molecule has 0 saturated heterocycles. The maximum Gasteiger partial charge on any atom is 0.0346 e. The van der Waals surface area contributed by atoms with E-state index >= 15 is 0 Å². The maximum absolute atomic E-state index is 3.21. The molecule has 0 aromatic heterocycles. The van der Waals surface area contributed by atoms with Crippen LogP contribution in [0.4, 0.5) is 0 Å². The molecular formula is C16H14. The summed E-state index contributed by atoms with van der Waals surface area (Å²) in [5, 5.41) is 0. The van der Waals surface area contributed by atoms with Gasteiger partial charge in [-0.3, -0.25) is 0 Å². The Balaban J connectivity index is 2.09. The van der Waals surface area contributed by atoms with E-state index in [1.54, 1.807) is 0 Å². The van der Waals surface area contributed by atoms with Gasteiger partial charge in [0.25, 0.3) is 0 Å². The van der Waals surface area contributed by atoms with Crippen LogP contribution in [0.3, 0.4) is 0 Å². The fourth-order valence-electron chi connectivity index (χ4n) is 1.57. The van der Waals surface area contributed by atoms with Gasteiger partial charge in [-0.25, -0.2) is 0 Å². The highest BCUT2D eigenvalue weighted by molar-refractivity contribution is 5.36. The van der Waals surface area contributed by atoms with Gasteiger partial charge in [0.15, 0.2) is 0 Å². The first-order valence-corrected chi connectivity index (χ1v) is 5.45. The zero-order valence-corrected chi connectivity index (χ0v) is 9.40. The van der Waals surface area contributed by atoms with Gasteiger partial charge in [0, 0.05) is 12.0 Å². The Hall–Kier alpha value is -2.00. The Morgan fingerprint density at radius 1 is 0.875 bits per heavy atom. The van der Waals surface area contributed by atoms with Crippen LogP contribution >= 0.6 is 0 Å². The first-order valence-electron chi connectivity index (χ1n) is 5.45. The molecule has 0 heterocycles. The maximum atomic E-state index is 3.21. The van der Waals surface area contributed by atoms with Gasteiger partial charge in [-0.2, -0.15) is 0 Å². The van der Waals surface area contributed by atoms with Gasteiger partial charge in [-0.1, -0.05) is 54.3 Å². The van der Waals surface area contributed by atoms with Crippen molar-refractivity contribution >= 4 is 0 Å². The molecule has 0 unspecified atom stereocenters. The lowest BCUT2D eigenvalue weighted by Gasteiger charge is -1.98. The SMILES string of the molecule is Cc1ccccc1CC#Cc1ccccc1. The minimum Gasteiger partial charge on any atom is -0.0931 e. The van der Waals surface area contributed by atoms with E-state index in [1.165, 1.54) is 11.1 Å². The van der Waals surface area contributed by atoms with Gasteiger partial charge in [0.1, 0.15) is 0 Å². The molecule has 0 N–H and O–H groups in total. The quantitative estimate of drug-likeness (QED) is 0.625. The van der Waals surface area contributed by atoms with Crippen molar-refractivity contribution in [2.45, 2.75) is 13.3 Å². The van der Waals surface area contributed by atoms with E-state index in [9.17, 15) is 0 Å². The highest BCUT2D eigenvalue weighted by atomic mass is 14.0. The summed E-state index contributed by atoms with van der Waals surface area (Å²) in [6, 6.07) is 18.5. The van der Waals surface area contributed by atoms with Gasteiger partial charge >= 0.3 is 0 Å². The van der Waals surface area contributed by atoms with Gasteiger partial charge in [-0.05, 0) is 30.2 Å². The highest BCUT2D eigenvalue weighted by Gasteiger charge is 1.92. The molecule has 0 saturated carbocycles. The zero-order chi connectivity index (χ0) is 11.2. The fraction of sp³-hybridized carbons (Fsp3) is 0.125. The second-order valence-corrected chi connectivity index (χ2v) is 3.77. The molecule has 2 aromatic rings. The Morgan fingerprint density at radius 2 is 1.56 bits per heavy atom. The minimum atomic E-state index is 0.821. The second-order valence-electron chi connectivity index (χ2n) is 3.77. The molecule has 0 nitrogen and oxygen atoms in total. The topological polar surface area (TPSA) is 0 Å². The van der Waals surface area contributed by atoms with Gasteiger partial charge in [0.2, 0.25) is 0 Å². The zero-order valence-electron chi connectivity index (χ0n) is 9.40. The first-order chi connectivity index (χ1) is 7.86. The Morgan fingerprint density at radius 3 is 2.31 bits per heavy atom. The van der Waals surface area contributed by atoms with Gasteiger partial charge in [-0.15, -0.1) is 0 Å². The smallest absolute Gasteiger partial charge is 0.0346 e. The summed E-state index contributed by atoms with van der Waals surface area (Å²) in [4.78, 5) is 0. The number of benzene rings is 2. The molecule has 0 aliphatic rings. The van der Waals surface area contributed by atoms with E-state index in [2.05, 4.69) is 43.0 Å². The summed E-state index contributed by atoms with van der Waals surface area (Å²) >= 11 is 0. The van der Waals surface area contributed by atoms with Crippen molar-refractivity contribution in [1.29, 1.82) is 0 Å². The molecule has 2 rings (SSSR count). The largest absolute Gasteiger partial charge is 0.0931 e. The molecule has 0 fully saturated rings. The third kappa shape index (κ3) is 2.74. The summed E-state index contributed by atoms with van der Waals surface area (Å²) in [6.07, 6.45) is 0.821. The summed E-state index contributed by atoms with van der Waals surface area (Å²) in [5.41, 5.74) is 3.70. The molecular weight excluding hydrogens is 192 g/mol. The van der Waals surface area contributed by atoms with Crippen LogP contribution in [-0.2, 0) is 6.42 Å². The predicted molar refractivity (Wildman–Crippen MR) is 68.2 cm³/mol. The van der Waals surface area contributed by atoms with Crippen LogP contribution in [0.15, 0.2) is 54.6 Å². The number of hydrogen-bond acceptors (Lipinski definition) is 0. The molecule has 0 spiro atoms. The standard InChI is InChI=1S/C16H14/c1-14-8-5-6-12-16(14)13-7-11-15-9-3-2-4-10-15/h2-6,8-10,12H,13H2,1H3. The predicted octanol–water partition coefficient (Wildman–Crippen LogP) is 3.59. The Labute approximate surface area is 96.9 Å². The third-order valence-electron chi connectivity index (χ3n) is 2.55. The van der Waals surface area contributed by atoms with Crippen molar-refractivity contribution in [3.8, 4) is 11.8 Å². The van der Waals surface area contributed by atoms with Crippen LogP contribution in [0.1, 0.15) is 16.7 Å². The summed E-state index contributed by atoms with van der Waals surface area (Å²) in [5.74, 6) is 6.38. The lowest BCUT2D eigenvalue weighted by Crippen LogP contribution is -1.85. The van der Waals surface area contributed by atoms with Crippen LogP contribution in [0.5, 0.6) is 0 Å². The van der Waals surface area contributed by atoms with E-state index in [0.717, 1.165) is 12.0 Å². The van der Waals surface area contributed by atoms with Crippen molar-refractivity contribution in [2.24, 2.45) is 0 Å². The summed E-state index contributed by atoms with van der Waals surface area (Å²) < 4.78 is 0. The molecule has 0 heteroatoms. The van der Waals surface area contributed by atoms with E-state index < -0.39 is 0 Å². The van der Waals surface area contributed by atoms with Crippen molar-refractivity contribution in [3.63, 3.8) is 0 Å². The van der Waals surface area contributed by atoms with E-state index in [0.29, 0.717) is 0 Å². The summed E-state index contributed by atoms with van der Waals surface area (Å²) in [6.45, 7) is 2.12. The second kappa shape index (κ2) is 5.19. The van der Waals surface area contributed by atoms with Crippen LogP contribution in [0.25, 0.3) is 0 Å². The summed E-state index contributed by atoms with van der Waals surface area (Å²) in [7, 11) is 0.